The summed E-state index contributed by atoms with van der Waals surface area (Å²) in [5.41, 5.74) is 2.74. The third-order valence-corrected chi connectivity index (χ3v) is 5.16. The van der Waals surface area contributed by atoms with Crippen LogP contribution in [0.5, 0.6) is 5.75 Å². The minimum atomic E-state index is 0.471. The predicted octanol–water partition coefficient (Wildman–Crippen LogP) is 3.80. The molecule has 1 aliphatic rings. The molecule has 0 bridgehead atoms. The Morgan fingerprint density at radius 2 is 2.11 bits per heavy atom. The summed E-state index contributed by atoms with van der Waals surface area (Å²) in [5, 5.41) is 3.50. The van der Waals surface area contributed by atoms with E-state index in [2.05, 4.69) is 49.2 Å². The number of thioether (sulfide) groups is 1. The fraction of sp³-hybridized carbons (Fsp3) is 0.625. The van der Waals surface area contributed by atoms with Crippen LogP contribution in [0.2, 0.25) is 0 Å². The fourth-order valence-corrected chi connectivity index (χ4v) is 4.09. The summed E-state index contributed by atoms with van der Waals surface area (Å²) in [6, 6.07) is 6.89. The van der Waals surface area contributed by atoms with Crippen molar-refractivity contribution < 1.29 is 4.74 Å². The lowest BCUT2D eigenvalue weighted by atomic mass is 9.89. The summed E-state index contributed by atoms with van der Waals surface area (Å²) in [4.78, 5) is 0. The van der Waals surface area contributed by atoms with Crippen molar-refractivity contribution in [2.45, 2.75) is 32.2 Å². The standard InChI is InChI=1S/C16H25NOS/c1-12-10-14(18-3)4-5-15(12)16(17-2)11-13-6-8-19-9-7-13/h4-5,10,13,16-17H,6-9,11H2,1-3H3. The Bertz CT molecular complexity index is 402. The highest BCUT2D eigenvalue weighted by Gasteiger charge is 2.20. The number of aryl methyl sites for hydroxylation is 1. The lowest BCUT2D eigenvalue weighted by molar-refractivity contribution is 0.382. The Labute approximate surface area is 121 Å². The molecule has 0 spiro atoms. The first-order chi connectivity index (χ1) is 9.24. The van der Waals surface area contributed by atoms with Gasteiger partial charge in [-0.1, -0.05) is 6.07 Å². The number of hydrogen-bond acceptors (Lipinski definition) is 3. The lowest BCUT2D eigenvalue weighted by Crippen LogP contribution is -2.22. The van der Waals surface area contributed by atoms with E-state index in [0.29, 0.717) is 6.04 Å². The zero-order chi connectivity index (χ0) is 13.7. The van der Waals surface area contributed by atoms with Gasteiger partial charge in [0.25, 0.3) is 0 Å². The van der Waals surface area contributed by atoms with Crippen molar-refractivity contribution in [3.05, 3.63) is 29.3 Å². The van der Waals surface area contributed by atoms with Gasteiger partial charge in [0, 0.05) is 6.04 Å². The van der Waals surface area contributed by atoms with Gasteiger partial charge in [-0.05, 0) is 73.9 Å². The molecular formula is C16H25NOS. The van der Waals surface area contributed by atoms with Crippen LogP contribution in [0.1, 0.15) is 36.4 Å². The molecule has 1 aromatic carbocycles. The molecular weight excluding hydrogens is 254 g/mol. The normalized spacial score (nSPS) is 18.3. The van der Waals surface area contributed by atoms with E-state index in [4.69, 9.17) is 4.74 Å². The average Bonchev–Trinajstić information content (AvgIpc) is 2.46. The van der Waals surface area contributed by atoms with Crippen molar-refractivity contribution in [2.75, 3.05) is 25.7 Å². The van der Waals surface area contributed by atoms with Gasteiger partial charge in [0.2, 0.25) is 0 Å². The number of hydrogen-bond donors (Lipinski definition) is 1. The lowest BCUT2D eigenvalue weighted by Gasteiger charge is -2.27. The summed E-state index contributed by atoms with van der Waals surface area (Å²) in [7, 11) is 3.80. The van der Waals surface area contributed by atoms with Crippen LogP contribution >= 0.6 is 11.8 Å². The number of benzene rings is 1. The molecule has 0 saturated carbocycles. The van der Waals surface area contributed by atoms with E-state index in [1.165, 1.54) is 41.9 Å². The van der Waals surface area contributed by atoms with Crippen LogP contribution in [0, 0.1) is 12.8 Å². The van der Waals surface area contributed by atoms with Crippen LogP contribution in [-0.2, 0) is 0 Å². The largest absolute Gasteiger partial charge is 0.497 e. The van der Waals surface area contributed by atoms with E-state index < -0.39 is 0 Å². The monoisotopic (exact) mass is 279 g/mol. The van der Waals surface area contributed by atoms with Crippen molar-refractivity contribution >= 4 is 11.8 Å². The predicted molar refractivity (Wildman–Crippen MR) is 84.2 cm³/mol. The maximum absolute atomic E-state index is 5.29. The van der Waals surface area contributed by atoms with E-state index in [9.17, 15) is 0 Å². The summed E-state index contributed by atoms with van der Waals surface area (Å²) in [5.74, 6) is 4.50. The second kappa shape index (κ2) is 7.20. The molecule has 2 rings (SSSR count). The zero-order valence-corrected chi connectivity index (χ0v) is 13.1. The molecule has 0 amide bonds. The molecule has 0 aliphatic carbocycles. The van der Waals surface area contributed by atoms with Crippen molar-refractivity contribution in [2.24, 2.45) is 5.92 Å². The van der Waals surface area contributed by atoms with Gasteiger partial charge in [-0.15, -0.1) is 0 Å². The SMILES string of the molecule is CNC(CC1CCSCC1)c1ccc(OC)cc1C. The molecule has 1 N–H and O–H groups in total. The number of nitrogens with one attached hydrogen (secondary N) is 1. The molecule has 3 heteroatoms. The van der Waals surface area contributed by atoms with Gasteiger partial charge in [-0.25, -0.2) is 0 Å². The van der Waals surface area contributed by atoms with Crippen LogP contribution in [0.15, 0.2) is 18.2 Å². The van der Waals surface area contributed by atoms with Gasteiger partial charge in [-0.2, -0.15) is 11.8 Å². The highest BCUT2D eigenvalue weighted by atomic mass is 32.2. The summed E-state index contributed by atoms with van der Waals surface area (Å²) < 4.78 is 5.29. The van der Waals surface area contributed by atoms with Crippen LogP contribution in [0.25, 0.3) is 0 Å². The van der Waals surface area contributed by atoms with Crippen LogP contribution in [0.3, 0.4) is 0 Å². The summed E-state index contributed by atoms with van der Waals surface area (Å²) in [6.45, 7) is 2.18. The first kappa shape index (κ1) is 14.7. The van der Waals surface area contributed by atoms with Crippen molar-refractivity contribution in [1.82, 2.24) is 5.32 Å². The van der Waals surface area contributed by atoms with Crippen molar-refractivity contribution in [3.8, 4) is 5.75 Å². The molecule has 0 aromatic heterocycles. The maximum atomic E-state index is 5.29. The van der Waals surface area contributed by atoms with Gasteiger partial charge in [-0.3, -0.25) is 0 Å². The molecule has 1 saturated heterocycles. The highest BCUT2D eigenvalue weighted by molar-refractivity contribution is 7.99. The topological polar surface area (TPSA) is 21.3 Å². The fourth-order valence-electron chi connectivity index (χ4n) is 2.88. The van der Waals surface area contributed by atoms with Gasteiger partial charge in [0.05, 0.1) is 7.11 Å². The number of rotatable bonds is 5. The van der Waals surface area contributed by atoms with E-state index in [0.717, 1.165) is 11.7 Å². The number of methoxy groups -OCH3 is 1. The van der Waals surface area contributed by atoms with Gasteiger partial charge in [0.1, 0.15) is 5.75 Å². The van der Waals surface area contributed by atoms with Gasteiger partial charge < -0.3 is 10.1 Å². The van der Waals surface area contributed by atoms with E-state index in [1.807, 2.05) is 0 Å². The second-order valence-corrected chi connectivity index (χ2v) is 6.58. The molecule has 1 heterocycles. The quantitative estimate of drug-likeness (QED) is 0.886. The molecule has 1 aliphatic heterocycles. The highest BCUT2D eigenvalue weighted by Crippen LogP contribution is 2.32. The molecule has 1 aromatic rings. The Morgan fingerprint density at radius 1 is 1.37 bits per heavy atom. The molecule has 19 heavy (non-hydrogen) atoms. The Morgan fingerprint density at radius 3 is 2.68 bits per heavy atom. The minimum absolute atomic E-state index is 0.471. The van der Waals surface area contributed by atoms with E-state index >= 15 is 0 Å². The molecule has 106 valence electrons. The number of ether oxygens (including phenoxy) is 1. The Balaban J connectivity index is 2.07. The second-order valence-electron chi connectivity index (χ2n) is 5.36. The zero-order valence-electron chi connectivity index (χ0n) is 12.2. The molecule has 2 nitrogen and oxygen atoms in total. The first-order valence-corrected chi connectivity index (χ1v) is 8.29. The van der Waals surface area contributed by atoms with Gasteiger partial charge in [0.15, 0.2) is 0 Å². The minimum Gasteiger partial charge on any atom is -0.497 e. The molecule has 1 atom stereocenters. The average molecular weight is 279 g/mol. The van der Waals surface area contributed by atoms with Crippen molar-refractivity contribution in [1.29, 1.82) is 0 Å². The maximum Gasteiger partial charge on any atom is 0.119 e. The van der Waals surface area contributed by atoms with E-state index in [1.54, 1.807) is 7.11 Å². The third-order valence-electron chi connectivity index (χ3n) is 4.11. The van der Waals surface area contributed by atoms with Gasteiger partial charge >= 0.3 is 0 Å². The Hall–Kier alpha value is -0.670. The van der Waals surface area contributed by atoms with Crippen LogP contribution in [-0.4, -0.2) is 25.7 Å². The third kappa shape index (κ3) is 3.90. The van der Waals surface area contributed by atoms with Crippen LogP contribution < -0.4 is 10.1 Å². The first-order valence-electron chi connectivity index (χ1n) is 7.14. The summed E-state index contributed by atoms with van der Waals surface area (Å²) >= 11 is 2.10. The Kier molecular flexibility index (Phi) is 5.59. The van der Waals surface area contributed by atoms with Crippen LogP contribution in [0.4, 0.5) is 0 Å². The van der Waals surface area contributed by atoms with Crippen molar-refractivity contribution in [3.63, 3.8) is 0 Å². The molecule has 0 radical (unpaired) electrons. The van der Waals surface area contributed by atoms with E-state index in [-0.39, 0.29) is 0 Å². The summed E-state index contributed by atoms with van der Waals surface area (Å²) in [6.07, 6.45) is 4.00. The molecule has 1 unspecified atom stereocenters. The smallest absolute Gasteiger partial charge is 0.119 e. The molecule has 1 fully saturated rings.